The number of benzene rings is 1. The van der Waals surface area contributed by atoms with Crippen molar-refractivity contribution >= 4 is 39.0 Å². The van der Waals surface area contributed by atoms with Crippen molar-refractivity contribution in [2.24, 2.45) is 0 Å². The molecule has 0 unspecified atom stereocenters. The zero-order valence-electron chi connectivity index (χ0n) is 10.4. The van der Waals surface area contributed by atoms with Gasteiger partial charge in [-0.2, -0.15) is 0 Å². The minimum Gasteiger partial charge on any atom is -0.240 e. The molecule has 0 saturated carbocycles. The van der Waals surface area contributed by atoms with Gasteiger partial charge in [-0.05, 0) is 18.2 Å². The van der Waals surface area contributed by atoms with Crippen molar-refractivity contribution in [3.8, 4) is 10.6 Å². The van der Waals surface area contributed by atoms with Gasteiger partial charge in [-0.1, -0.05) is 39.8 Å². The van der Waals surface area contributed by atoms with E-state index in [0.29, 0.717) is 0 Å². The number of hydrogen-bond acceptors (Lipinski definition) is 5. The fourth-order valence-electron chi connectivity index (χ4n) is 1.63. The molecule has 0 bridgehead atoms. The number of thioether (sulfide) groups is 1. The van der Waals surface area contributed by atoms with Crippen LogP contribution in [-0.2, 0) is 5.75 Å². The number of hydrogen-bond donors (Lipinski definition) is 0. The van der Waals surface area contributed by atoms with Crippen molar-refractivity contribution in [3.05, 3.63) is 58.3 Å². The summed E-state index contributed by atoms with van der Waals surface area (Å²) in [6.07, 6.45) is 3.51. The molecule has 0 fully saturated rings. The lowest BCUT2D eigenvalue weighted by Crippen LogP contribution is -1.86. The molecular formula is C14H10BrN3S2. The van der Waals surface area contributed by atoms with Crippen molar-refractivity contribution in [3.63, 3.8) is 0 Å². The summed E-state index contributed by atoms with van der Waals surface area (Å²) >= 11 is 6.74. The molecule has 2 aromatic heterocycles. The summed E-state index contributed by atoms with van der Waals surface area (Å²) in [5, 5.41) is 3.91. The summed E-state index contributed by atoms with van der Waals surface area (Å²) in [5.41, 5.74) is 2.19. The predicted molar refractivity (Wildman–Crippen MR) is 86.8 cm³/mol. The minimum atomic E-state index is 0.782. The third-order valence-electron chi connectivity index (χ3n) is 2.51. The van der Waals surface area contributed by atoms with E-state index in [1.165, 1.54) is 0 Å². The van der Waals surface area contributed by atoms with Gasteiger partial charge in [-0.3, -0.25) is 0 Å². The maximum Gasteiger partial charge on any atom is 0.187 e. The molecule has 0 atom stereocenters. The molecule has 0 aliphatic carbocycles. The highest BCUT2D eigenvalue weighted by Gasteiger charge is 2.06. The van der Waals surface area contributed by atoms with Gasteiger partial charge in [0, 0.05) is 33.6 Å². The molecule has 20 heavy (non-hydrogen) atoms. The molecule has 3 rings (SSSR count). The fraction of sp³-hybridized carbons (Fsp3) is 0.0714. The second-order valence-corrected chi connectivity index (χ2v) is 6.69. The first kappa shape index (κ1) is 13.7. The van der Waals surface area contributed by atoms with Crippen molar-refractivity contribution in [1.29, 1.82) is 0 Å². The highest BCUT2D eigenvalue weighted by Crippen LogP contribution is 2.28. The Morgan fingerprint density at radius 1 is 1.15 bits per heavy atom. The molecule has 0 aliphatic heterocycles. The Morgan fingerprint density at radius 2 is 2.00 bits per heavy atom. The first-order valence-electron chi connectivity index (χ1n) is 5.91. The summed E-state index contributed by atoms with van der Waals surface area (Å²) in [4.78, 5) is 13.0. The van der Waals surface area contributed by atoms with Crippen LogP contribution in [0.5, 0.6) is 0 Å². The highest BCUT2D eigenvalue weighted by molar-refractivity contribution is 9.10. The smallest absolute Gasteiger partial charge is 0.187 e. The molecular weight excluding hydrogens is 354 g/mol. The Morgan fingerprint density at radius 3 is 2.80 bits per heavy atom. The molecule has 2 heterocycles. The van der Waals surface area contributed by atoms with E-state index in [-0.39, 0.29) is 0 Å². The standard InChI is InChI=1S/C14H10BrN3S2/c15-11-4-1-3-10(7-11)13-18-12(8-19-13)9-20-14-16-5-2-6-17-14/h1-8H,9H2. The molecule has 0 spiro atoms. The van der Waals surface area contributed by atoms with E-state index in [0.717, 1.165) is 31.6 Å². The lowest BCUT2D eigenvalue weighted by Gasteiger charge is -1.97. The lowest BCUT2D eigenvalue weighted by atomic mass is 10.2. The molecule has 0 amide bonds. The number of nitrogens with zero attached hydrogens (tertiary/aromatic N) is 3. The first-order valence-corrected chi connectivity index (χ1v) is 8.57. The van der Waals surface area contributed by atoms with Gasteiger partial charge < -0.3 is 0 Å². The van der Waals surface area contributed by atoms with Crippen LogP contribution in [0.25, 0.3) is 10.6 Å². The van der Waals surface area contributed by atoms with E-state index in [1.807, 2.05) is 18.2 Å². The first-order chi connectivity index (χ1) is 9.81. The van der Waals surface area contributed by atoms with Gasteiger partial charge in [-0.25, -0.2) is 15.0 Å². The number of rotatable bonds is 4. The van der Waals surface area contributed by atoms with Gasteiger partial charge in [0.15, 0.2) is 5.16 Å². The minimum absolute atomic E-state index is 0.782. The molecule has 0 saturated heterocycles. The summed E-state index contributed by atoms with van der Waals surface area (Å²) in [7, 11) is 0. The van der Waals surface area contributed by atoms with Crippen LogP contribution in [0.1, 0.15) is 5.69 Å². The largest absolute Gasteiger partial charge is 0.240 e. The number of aromatic nitrogens is 3. The van der Waals surface area contributed by atoms with Crippen LogP contribution >= 0.6 is 39.0 Å². The van der Waals surface area contributed by atoms with Crippen molar-refractivity contribution in [1.82, 2.24) is 15.0 Å². The Kier molecular flexibility index (Phi) is 4.44. The van der Waals surface area contributed by atoms with E-state index in [2.05, 4.69) is 48.4 Å². The molecule has 3 aromatic rings. The third kappa shape index (κ3) is 3.45. The van der Waals surface area contributed by atoms with Crippen LogP contribution in [0, 0.1) is 0 Å². The van der Waals surface area contributed by atoms with Gasteiger partial charge in [0.05, 0.1) is 5.69 Å². The Labute approximate surface area is 133 Å². The highest BCUT2D eigenvalue weighted by atomic mass is 79.9. The molecule has 1 aromatic carbocycles. The zero-order valence-corrected chi connectivity index (χ0v) is 13.6. The Balaban J connectivity index is 1.71. The molecule has 3 nitrogen and oxygen atoms in total. The van der Waals surface area contributed by atoms with E-state index >= 15 is 0 Å². The third-order valence-corrected chi connectivity index (χ3v) is 4.86. The molecule has 0 aliphatic rings. The van der Waals surface area contributed by atoms with E-state index in [9.17, 15) is 0 Å². The van der Waals surface area contributed by atoms with Gasteiger partial charge in [0.1, 0.15) is 5.01 Å². The Bertz CT molecular complexity index is 700. The zero-order chi connectivity index (χ0) is 13.8. The second-order valence-electron chi connectivity index (χ2n) is 3.97. The summed E-state index contributed by atoms with van der Waals surface area (Å²) in [5.74, 6) is 0.786. The van der Waals surface area contributed by atoms with Gasteiger partial charge in [0.2, 0.25) is 0 Å². The molecule has 6 heteroatoms. The predicted octanol–water partition coefficient (Wildman–Crippen LogP) is 4.65. The van der Waals surface area contributed by atoms with Gasteiger partial charge >= 0.3 is 0 Å². The normalized spacial score (nSPS) is 10.7. The van der Waals surface area contributed by atoms with E-state index in [1.54, 1.807) is 35.5 Å². The summed E-state index contributed by atoms with van der Waals surface area (Å²) < 4.78 is 1.07. The van der Waals surface area contributed by atoms with Crippen LogP contribution in [0.2, 0.25) is 0 Å². The Hall–Kier alpha value is -1.24. The SMILES string of the molecule is Brc1cccc(-c2nc(CSc3ncccn3)cs2)c1. The molecule has 100 valence electrons. The average molecular weight is 364 g/mol. The quantitative estimate of drug-likeness (QED) is 0.499. The second kappa shape index (κ2) is 6.47. The molecule has 0 N–H and O–H groups in total. The molecule has 0 radical (unpaired) electrons. The van der Waals surface area contributed by atoms with Crippen molar-refractivity contribution in [2.75, 3.05) is 0 Å². The van der Waals surface area contributed by atoms with Gasteiger partial charge in [0.25, 0.3) is 0 Å². The lowest BCUT2D eigenvalue weighted by molar-refractivity contribution is 0.965. The maximum absolute atomic E-state index is 4.66. The summed E-state index contributed by atoms with van der Waals surface area (Å²) in [6.45, 7) is 0. The van der Waals surface area contributed by atoms with Crippen molar-refractivity contribution in [2.45, 2.75) is 10.9 Å². The average Bonchev–Trinajstić information content (AvgIpc) is 2.95. The van der Waals surface area contributed by atoms with Crippen LogP contribution in [0.15, 0.2) is 57.7 Å². The number of thiazole rings is 1. The summed E-state index contributed by atoms with van der Waals surface area (Å²) in [6, 6.07) is 10.0. The maximum atomic E-state index is 4.66. The fourth-order valence-corrected chi connectivity index (χ4v) is 3.64. The van der Waals surface area contributed by atoms with E-state index in [4.69, 9.17) is 0 Å². The van der Waals surface area contributed by atoms with Crippen molar-refractivity contribution < 1.29 is 0 Å². The van der Waals surface area contributed by atoms with Crippen LogP contribution in [-0.4, -0.2) is 15.0 Å². The monoisotopic (exact) mass is 363 g/mol. The van der Waals surface area contributed by atoms with Crippen LogP contribution in [0.3, 0.4) is 0 Å². The topological polar surface area (TPSA) is 38.7 Å². The van der Waals surface area contributed by atoms with Crippen LogP contribution in [0.4, 0.5) is 0 Å². The van der Waals surface area contributed by atoms with Crippen LogP contribution < -0.4 is 0 Å². The number of halogens is 1. The van der Waals surface area contributed by atoms with E-state index < -0.39 is 0 Å². The van der Waals surface area contributed by atoms with Gasteiger partial charge in [-0.15, -0.1) is 11.3 Å².